The van der Waals surface area contributed by atoms with E-state index in [1.807, 2.05) is 6.92 Å². The summed E-state index contributed by atoms with van der Waals surface area (Å²) in [5, 5.41) is 0. The van der Waals surface area contributed by atoms with Gasteiger partial charge in [-0.2, -0.15) is 0 Å². The summed E-state index contributed by atoms with van der Waals surface area (Å²) < 4.78 is 0. The Hall–Kier alpha value is -1.45. The average molecular weight is 179 g/mol. The number of hydrogen-bond donors (Lipinski definition) is 0. The van der Waals surface area contributed by atoms with E-state index < -0.39 is 0 Å². The lowest BCUT2D eigenvalue weighted by Crippen LogP contribution is -2.23. The molecule has 0 aliphatic rings. The first-order valence-corrected chi connectivity index (χ1v) is 4.04. The molecular formula is C9H13N3O. The number of amides is 1. The molecule has 0 aliphatic heterocycles. The molecule has 0 saturated heterocycles. The molecule has 0 N–H and O–H groups in total. The van der Waals surface area contributed by atoms with Gasteiger partial charge in [-0.05, 0) is 19.9 Å². The predicted octanol–water partition coefficient (Wildman–Crippen LogP) is 0.795. The van der Waals surface area contributed by atoms with Crippen LogP contribution in [0.15, 0.2) is 6.07 Å². The first kappa shape index (κ1) is 9.64. The van der Waals surface area contributed by atoms with Gasteiger partial charge in [0.1, 0.15) is 11.5 Å². The van der Waals surface area contributed by atoms with Crippen molar-refractivity contribution in [2.75, 3.05) is 14.1 Å². The van der Waals surface area contributed by atoms with E-state index >= 15 is 0 Å². The van der Waals surface area contributed by atoms with Gasteiger partial charge in [-0.15, -0.1) is 0 Å². The fourth-order valence-electron chi connectivity index (χ4n) is 1.06. The van der Waals surface area contributed by atoms with Crippen molar-refractivity contribution in [3.63, 3.8) is 0 Å². The Morgan fingerprint density at radius 3 is 2.38 bits per heavy atom. The highest BCUT2D eigenvalue weighted by molar-refractivity contribution is 5.91. The quantitative estimate of drug-likeness (QED) is 0.640. The van der Waals surface area contributed by atoms with Gasteiger partial charge in [0.25, 0.3) is 5.91 Å². The SMILES string of the molecule is Cc1cc(C(=O)N(C)C)nc(C)n1. The van der Waals surface area contributed by atoms with Crippen molar-refractivity contribution >= 4 is 5.91 Å². The molecule has 1 aromatic heterocycles. The highest BCUT2D eigenvalue weighted by Crippen LogP contribution is 2.02. The standard InChI is InChI=1S/C9H13N3O/c1-6-5-8(9(13)12(3)4)11-7(2)10-6/h5H,1-4H3. The highest BCUT2D eigenvalue weighted by Gasteiger charge is 2.10. The van der Waals surface area contributed by atoms with Crippen molar-refractivity contribution in [3.8, 4) is 0 Å². The molecule has 0 atom stereocenters. The van der Waals surface area contributed by atoms with E-state index in [0.717, 1.165) is 5.69 Å². The summed E-state index contributed by atoms with van der Waals surface area (Å²) in [7, 11) is 3.41. The van der Waals surface area contributed by atoms with Crippen molar-refractivity contribution in [2.45, 2.75) is 13.8 Å². The molecule has 0 fully saturated rings. The van der Waals surface area contributed by atoms with Crippen LogP contribution in [-0.2, 0) is 0 Å². The smallest absolute Gasteiger partial charge is 0.272 e. The number of carbonyl (C=O) groups excluding carboxylic acids is 1. The lowest BCUT2D eigenvalue weighted by molar-refractivity contribution is 0.0821. The van der Waals surface area contributed by atoms with Gasteiger partial charge < -0.3 is 4.90 Å². The van der Waals surface area contributed by atoms with Crippen LogP contribution in [0.4, 0.5) is 0 Å². The summed E-state index contributed by atoms with van der Waals surface area (Å²) in [6, 6.07) is 1.69. The zero-order valence-corrected chi connectivity index (χ0v) is 8.33. The minimum Gasteiger partial charge on any atom is -0.343 e. The zero-order chi connectivity index (χ0) is 10.0. The Balaban J connectivity index is 3.08. The highest BCUT2D eigenvalue weighted by atomic mass is 16.2. The molecule has 0 aromatic carbocycles. The summed E-state index contributed by atoms with van der Waals surface area (Å²) >= 11 is 0. The van der Waals surface area contributed by atoms with Crippen LogP contribution < -0.4 is 0 Å². The summed E-state index contributed by atoms with van der Waals surface area (Å²) in [5.41, 5.74) is 1.27. The second-order valence-electron chi connectivity index (χ2n) is 3.14. The molecule has 0 aliphatic carbocycles. The molecule has 0 radical (unpaired) electrons. The topological polar surface area (TPSA) is 46.1 Å². The van der Waals surface area contributed by atoms with Crippen LogP contribution in [0.25, 0.3) is 0 Å². The summed E-state index contributed by atoms with van der Waals surface area (Å²) in [4.78, 5) is 21.1. The van der Waals surface area contributed by atoms with E-state index in [4.69, 9.17) is 0 Å². The number of hydrogen-bond acceptors (Lipinski definition) is 3. The molecule has 4 heteroatoms. The lowest BCUT2D eigenvalue weighted by Gasteiger charge is -2.09. The molecule has 0 saturated carbocycles. The number of aryl methyl sites for hydroxylation is 2. The maximum absolute atomic E-state index is 11.5. The molecule has 4 nitrogen and oxygen atoms in total. The molecule has 1 rings (SSSR count). The summed E-state index contributed by atoms with van der Waals surface area (Å²) in [6.07, 6.45) is 0. The Morgan fingerprint density at radius 1 is 1.31 bits per heavy atom. The average Bonchev–Trinajstić information content (AvgIpc) is 2.01. The van der Waals surface area contributed by atoms with Crippen molar-refractivity contribution in [1.82, 2.24) is 14.9 Å². The van der Waals surface area contributed by atoms with Crippen molar-refractivity contribution < 1.29 is 4.79 Å². The first-order valence-electron chi connectivity index (χ1n) is 4.04. The van der Waals surface area contributed by atoms with Gasteiger partial charge in [-0.25, -0.2) is 9.97 Å². The summed E-state index contributed by atoms with van der Waals surface area (Å²) in [5.74, 6) is 0.541. The monoisotopic (exact) mass is 179 g/mol. The second kappa shape index (κ2) is 3.51. The number of rotatable bonds is 1. The van der Waals surface area contributed by atoms with Crippen LogP contribution >= 0.6 is 0 Å². The molecule has 1 amide bonds. The first-order chi connectivity index (χ1) is 6.00. The third-order valence-corrected chi connectivity index (χ3v) is 1.59. The molecule has 13 heavy (non-hydrogen) atoms. The molecule has 0 bridgehead atoms. The Kier molecular flexibility index (Phi) is 2.60. The second-order valence-corrected chi connectivity index (χ2v) is 3.14. The Bertz CT molecular complexity index is 313. The normalized spacial score (nSPS) is 9.85. The minimum atomic E-state index is -0.0893. The minimum absolute atomic E-state index is 0.0893. The number of carbonyl (C=O) groups is 1. The molecule has 1 heterocycles. The summed E-state index contributed by atoms with van der Waals surface area (Å²) in [6.45, 7) is 3.63. The van der Waals surface area contributed by atoms with Crippen LogP contribution in [-0.4, -0.2) is 34.9 Å². The van der Waals surface area contributed by atoms with E-state index in [2.05, 4.69) is 9.97 Å². The zero-order valence-electron chi connectivity index (χ0n) is 8.33. The van der Waals surface area contributed by atoms with Crippen molar-refractivity contribution in [2.24, 2.45) is 0 Å². The molecular weight excluding hydrogens is 166 g/mol. The van der Waals surface area contributed by atoms with Gasteiger partial charge in [0, 0.05) is 19.8 Å². The van der Waals surface area contributed by atoms with Gasteiger partial charge in [-0.3, -0.25) is 4.79 Å². The van der Waals surface area contributed by atoms with E-state index in [9.17, 15) is 4.79 Å². The van der Waals surface area contributed by atoms with Gasteiger partial charge >= 0.3 is 0 Å². The number of nitrogens with zero attached hydrogens (tertiary/aromatic N) is 3. The fourth-order valence-corrected chi connectivity index (χ4v) is 1.06. The van der Waals surface area contributed by atoms with E-state index in [1.54, 1.807) is 27.1 Å². The molecule has 70 valence electrons. The van der Waals surface area contributed by atoms with Gasteiger partial charge in [0.2, 0.25) is 0 Å². The maximum atomic E-state index is 11.5. The molecule has 0 spiro atoms. The van der Waals surface area contributed by atoms with E-state index in [-0.39, 0.29) is 5.91 Å². The van der Waals surface area contributed by atoms with Gasteiger partial charge in [0.15, 0.2) is 0 Å². The van der Waals surface area contributed by atoms with Crippen molar-refractivity contribution in [1.29, 1.82) is 0 Å². The fraction of sp³-hybridized carbons (Fsp3) is 0.444. The Labute approximate surface area is 77.6 Å². The van der Waals surface area contributed by atoms with E-state index in [1.165, 1.54) is 4.90 Å². The van der Waals surface area contributed by atoms with Gasteiger partial charge in [-0.1, -0.05) is 0 Å². The van der Waals surface area contributed by atoms with Crippen LogP contribution in [0.1, 0.15) is 22.0 Å². The van der Waals surface area contributed by atoms with Crippen LogP contribution in [0, 0.1) is 13.8 Å². The van der Waals surface area contributed by atoms with E-state index in [0.29, 0.717) is 11.5 Å². The largest absolute Gasteiger partial charge is 0.343 e. The predicted molar refractivity (Wildman–Crippen MR) is 49.5 cm³/mol. The molecule has 0 unspecified atom stereocenters. The molecule has 1 aromatic rings. The Morgan fingerprint density at radius 2 is 1.92 bits per heavy atom. The van der Waals surface area contributed by atoms with Gasteiger partial charge in [0.05, 0.1) is 0 Å². The lowest BCUT2D eigenvalue weighted by atomic mass is 10.3. The van der Waals surface area contributed by atoms with Crippen molar-refractivity contribution in [3.05, 3.63) is 23.3 Å². The van der Waals surface area contributed by atoms with Crippen LogP contribution in [0.5, 0.6) is 0 Å². The van der Waals surface area contributed by atoms with Crippen LogP contribution in [0.3, 0.4) is 0 Å². The maximum Gasteiger partial charge on any atom is 0.272 e. The third-order valence-electron chi connectivity index (χ3n) is 1.59. The van der Waals surface area contributed by atoms with Crippen LogP contribution in [0.2, 0.25) is 0 Å². The number of aromatic nitrogens is 2. The third kappa shape index (κ3) is 2.24.